The van der Waals surface area contributed by atoms with Gasteiger partial charge in [0.2, 0.25) is 5.88 Å². The number of methoxy groups -OCH3 is 1. The fraction of sp³-hybridized carbons (Fsp3) is 0.103. The minimum Gasteiger partial charge on any atom is -0.504 e. The Labute approximate surface area is 229 Å². The van der Waals surface area contributed by atoms with Gasteiger partial charge in [0.1, 0.15) is 11.5 Å². The molecular formula is C29H26N4O3S2. The smallest absolute Gasteiger partial charge is 0.237 e. The monoisotopic (exact) mass is 542 g/mol. The quantitative estimate of drug-likeness (QED) is 0.0918. The minimum atomic E-state index is -0.184. The van der Waals surface area contributed by atoms with Crippen LogP contribution in [0.1, 0.15) is 6.92 Å². The largest absolute Gasteiger partial charge is 0.504 e. The van der Waals surface area contributed by atoms with Crippen LogP contribution in [0.15, 0.2) is 88.8 Å². The number of hydrogen-bond donors (Lipinski definition) is 4. The first-order valence-corrected chi connectivity index (χ1v) is 13.7. The van der Waals surface area contributed by atoms with Gasteiger partial charge in [0.15, 0.2) is 11.5 Å². The van der Waals surface area contributed by atoms with Gasteiger partial charge in [-0.3, -0.25) is 0 Å². The van der Waals surface area contributed by atoms with Crippen LogP contribution in [-0.4, -0.2) is 33.0 Å². The Morgan fingerprint density at radius 1 is 0.868 bits per heavy atom. The second-order valence-electron chi connectivity index (χ2n) is 8.42. The molecule has 2 aromatic heterocycles. The Balaban J connectivity index is 1.46. The molecule has 5 N–H and O–H groups in total. The highest BCUT2D eigenvalue weighted by molar-refractivity contribution is 8.00. The van der Waals surface area contributed by atoms with E-state index in [1.54, 1.807) is 31.1 Å². The second-order valence-corrected chi connectivity index (χ2v) is 10.6. The summed E-state index contributed by atoms with van der Waals surface area (Å²) in [6.07, 6.45) is 1.76. The number of phenolic OH excluding ortho intramolecular Hbond substituents is 2. The van der Waals surface area contributed by atoms with Crippen LogP contribution in [0.5, 0.6) is 17.4 Å². The highest BCUT2D eigenvalue weighted by atomic mass is 32.2. The van der Waals surface area contributed by atoms with E-state index in [4.69, 9.17) is 10.5 Å². The van der Waals surface area contributed by atoms with Crippen molar-refractivity contribution in [1.29, 1.82) is 0 Å². The van der Waals surface area contributed by atoms with Crippen molar-refractivity contribution in [2.45, 2.75) is 16.7 Å². The fourth-order valence-electron chi connectivity index (χ4n) is 4.03. The molecule has 0 bridgehead atoms. The van der Waals surface area contributed by atoms with Gasteiger partial charge in [0.05, 0.1) is 12.6 Å². The van der Waals surface area contributed by atoms with Gasteiger partial charge in [-0.15, -0.1) is 11.8 Å². The lowest BCUT2D eigenvalue weighted by molar-refractivity contribution is 0.400. The number of aromatic nitrogens is 2. The van der Waals surface area contributed by atoms with Gasteiger partial charge >= 0.3 is 0 Å². The normalized spacial score (nSPS) is 11.0. The van der Waals surface area contributed by atoms with Crippen molar-refractivity contribution < 1.29 is 14.9 Å². The molecule has 2 heterocycles. The molecule has 0 aliphatic heterocycles. The number of thioether (sulfide) groups is 1. The van der Waals surface area contributed by atoms with E-state index in [9.17, 15) is 10.2 Å². The number of benzene rings is 3. The number of nitrogens with zero attached hydrogens (tertiary/aromatic N) is 2. The van der Waals surface area contributed by atoms with Crippen molar-refractivity contribution in [3.05, 3.63) is 79.0 Å². The van der Waals surface area contributed by atoms with E-state index in [-0.39, 0.29) is 11.5 Å². The van der Waals surface area contributed by atoms with Crippen LogP contribution >= 0.6 is 23.7 Å². The molecule has 3 aromatic carbocycles. The van der Waals surface area contributed by atoms with Crippen LogP contribution in [0.3, 0.4) is 0 Å². The molecule has 0 unspecified atom stereocenters. The van der Waals surface area contributed by atoms with E-state index in [2.05, 4.69) is 58.0 Å². The van der Waals surface area contributed by atoms with Gasteiger partial charge < -0.3 is 25.4 Å². The summed E-state index contributed by atoms with van der Waals surface area (Å²) in [7, 11) is 1.56. The van der Waals surface area contributed by atoms with Crippen LogP contribution in [0.4, 0.5) is 11.5 Å². The first-order chi connectivity index (χ1) is 18.4. The van der Waals surface area contributed by atoms with E-state index >= 15 is 0 Å². The summed E-state index contributed by atoms with van der Waals surface area (Å²) >= 11 is 3.07. The molecule has 192 valence electrons. The van der Waals surface area contributed by atoms with Crippen molar-refractivity contribution in [3.8, 4) is 39.6 Å². The molecule has 38 heavy (non-hydrogen) atoms. The van der Waals surface area contributed by atoms with E-state index in [1.807, 2.05) is 18.2 Å². The molecule has 7 nitrogen and oxygen atoms in total. The zero-order chi connectivity index (χ0) is 26.6. The maximum Gasteiger partial charge on any atom is 0.237 e. The number of rotatable bonds is 8. The third kappa shape index (κ3) is 5.44. The van der Waals surface area contributed by atoms with Gasteiger partial charge in [-0.25, -0.2) is 9.97 Å². The summed E-state index contributed by atoms with van der Waals surface area (Å²) in [5.41, 5.74) is 11.6. The molecule has 0 saturated carbocycles. The van der Waals surface area contributed by atoms with Crippen LogP contribution in [-0.2, 0) is 0 Å². The van der Waals surface area contributed by atoms with Crippen LogP contribution in [0.25, 0.3) is 33.2 Å². The second kappa shape index (κ2) is 11.1. The third-order valence-corrected chi connectivity index (χ3v) is 7.63. The first-order valence-electron chi connectivity index (χ1n) is 11.9. The maximum absolute atomic E-state index is 9.78. The molecule has 0 spiro atoms. The number of anilines is 2. The van der Waals surface area contributed by atoms with Gasteiger partial charge in [0.25, 0.3) is 0 Å². The van der Waals surface area contributed by atoms with E-state index < -0.39 is 0 Å². The van der Waals surface area contributed by atoms with E-state index in [0.717, 1.165) is 43.8 Å². The standard InChI is InChI=1S/C29H26N4O3S2/c1-3-37-21-7-4-17(5-8-21)23-13-19-12-18(6-10-24(19)32-28(23)30)20-14-25(29(36-2)31-16-20)33-38-22-9-11-26(34)27(35)15-22/h4-16,33-35H,3H2,1-2H3,(H2,30,32). The molecule has 0 aliphatic carbocycles. The lowest BCUT2D eigenvalue weighted by atomic mass is 10.0. The molecular weight excluding hydrogens is 516 g/mol. The zero-order valence-corrected chi connectivity index (χ0v) is 22.4. The number of nitrogen functional groups attached to an aromatic ring is 1. The summed E-state index contributed by atoms with van der Waals surface area (Å²) in [5.74, 6) is 1.61. The average molecular weight is 543 g/mol. The van der Waals surface area contributed by atoms with Crippen molar-refractivity contribution in [2.24, 2.45) is 0 Å². The number of nitrogens with two attached hydrogens (primary N) is 1. The molecule has 0 aliphatic rings. The maximum atomic E-state index is 9.78. The zero-order valence-electron chi connectivity index (χ0n) is 20.8. The predicted octanol–water partition coefficient (Wildman–Crippen LogP) is 7.20. The number of fused-ring (bicyclic) bond motifs is 1. The number of ether oxygens (including phenoxy) is 1. The van der Waals surface area contributed by atoms with E-state index in [1.165, 1.54) is 29.0 Å². The molecule has 0 amide bonds. The highest BCUT2D eigenvalue weighted by Crippen LogP contribution is 2.36. The lowest BCUT2D eigenvalue weighted by Gasteiger charge is -2.13. The fourth-order valence-corrected chi connectivity index (χ4v) is 5.37. The van der Waals surface area contributed by atoms with Crippen molar-refractivity contribution >= 4 is 46.1 Å². The minimum absolute atomic E-state index is 0.168. The highest BCUT2D eigenvalue weighted by Gasteiger charge is 2.12. The van der Waals surface area contributed by atoms with Crippen molar-refractivity contribution in [2.75, 3.05) is 23.3 Å². The lowest BCUT2D eigenvalue weighted by Crippen LogP contribution is -1.97. The van der Waals surface area contributed by atoms with Crippen molar-refractivity contribution in [3.63, 3.8) is 0 Å². The average Bonchev–Trinajstić information content (AvgIpc) is 2.93. The van der Waals surface area contributed by atoms with Crippen molar-refractivity contribution in [1.82, 2.24) is 9.97 Å². The molecule has 0 atom stereocenters. The summed E-state index contributed by atoms with van der Waals surface area (Å²) in [6.45, 7) is 2.14. The number of aromatic hydroxyl groups is 2. The Bertz CT molecular complexity index is 1610. The predicted molar refractivity (Wildman–Crippen MR) is 157 cm³/mol. The molecule has 0 radical (unpaired) electrons. The SMILES string of the molecule is CCSc1ccc(-c2cc3cc(-c4cnc(OC)c(NSc5ccc(O)c(O)c5)c4)ccc3nc2N)cc1. The molecule has 9 heteroatoms. The first kappa shape index (κ1) is 25.6. The van der Waals surface area contributed by atoms with Crippen LogP contribution < -0.4 is 15.2 Å². The Morgan fingerprint density at radius 3 is 2.37 bits per heavy atom. The van der Waals surface area contributed by atoms with Gasteiger partial charge in [0, 0.05) is 32.5 Å². The van der Waals surface area contributed by atoms with Gasteiger partial charge in [-0.1, -0.05) is 25.1 Å². The summed E-state index contributed by atoms with van der Waals surface area (Å²) in [4.78, 5) is 11.1. The number of nitrogens with one attached hydrogen (secondary N) is 1. The number of hydrogen-bond acceptors (Lipinski definition) is 9. The van der Waals surface area contributed by atoms with Crippen LogP contribution in [0, 0.1) is 0 Å². The summed E-state index contributed by atoms with van der Waals surface area (Å²) in [6, 6.07) is 23.0. The molecule has 5 rings (SSSR count). The Kier molecular flexibility index (Phi) is 7.48. The van der Waals surface area contributed by atoms with Gasteiger partial charge in [-0.05, 0) is 83.4 Å². The molecule has 0 saturated heterocycles. The molecule has 5 aromatic rings. The summed E-state index contributed by atoms with van der Waals surface area (Å²) in [5, 5.41) is 20.3. The third-order valence-electron chi connectivity index (χ3n) is 5.92. The van der Waals surface area contributed by atoms with E-state index in [0.29, 0.717) is 17.4 Å². The number of phenols is 2. The van der Waals surface area contributed by atoms with Gasteiger partial charge in [-0.2, -0.15) is 0 Å². The molecule has 0 fully saturated rings. The Morgan fingerprint density at radius 2 is 1.63 bits per heavy atom. The Hall–Kier alpha value is -4.08. The summed E-state index contributed by atoms with van der Waals surface area (Å²) < 4.78 is 8.67. The van der Waals surface area contributed by atoms with Crippen LogP contribution in [0.2, 0.25) is 0 Å². The number of pyridine rings is 2. The topological polar surface area (TPSA) is 114 Å².